The molecule has 0 N–H and O–H groups in total. The number of morpholine rings is 1. The van der Waals surface area contributed by atoms with E-state index < -0.39 is 0 Å². The van der Waals surface area contributed by atoms with Crippen molar-refractivity contribution in [1.82, 2.24) is 4.90 Å². The SMILES string of the molecule is COc1cc(I)c(C(=O)N2CC(C)OC(C)(C)C2)cc1OC. The second kappa shape index (κ2) is 6.62. The van der Waals surface area contributed by atoms with Crippen LogP contribution in [0, 0.1) is 3.57 Å². The number of carbonyl (C=O) groups excluding carboxylic acids is 1. The Morgan fingerprint density at radius 1 is 1.32 bits per heavy atom. The quantitative estimate of drug-likeness (QED) is 0.708. The summed E-state index contributed by atoms with van der Waals surface area (Å²) in [6.45, 7) is 7.15. The van der Waals surface area contributed by atoms with Crippen LogP contribution in [0.4, 0.5) is 0 Å². The minimum absolute atomic E-state index is 0.00595. The van der Waals surface area contributed by atoms with Crippen LogP contribution in [0.15, 0.2) is 12.1 Å². The van der Waals surface area contributed by atoms with Crippen LogP contribution in [0.3, 0.4) is 0 Å². The minimum atomic E-state index is -0.338. The molecule has 1 saturated heterocycles. The van der Waals surface area contributed by atoms with E-state index in [0.29, 0.717) is 30.2 Å². The first-order valence-corrected chi connectivity index (χ1v) is 8.24. The number of hydrogen-bond donors (Lipinski definition) is 0. The highest BCUT2D eigenvalue weighted by Gasteiger charge is 2.34. The second-order valence-corrected chi connectivity index (χ2v) is 7.22. The van der Waals surface area contributed by atoms with Crippen molar-refractivity contribution in [3.05, 3.63) is 21.3 Å². The zero-order chi connectivity index (χ0) is 16.5. The molecule has 1 heterocycles. The van der Waals surface area contributed by atoms with Gasteiger partial charge in [-0.25, -0.2) is 0 Å². The van der Waals surface area contributed by atoms with E-state index in [2.05, 4.69) is 22.6 Å². The molecule has 1 aromatic carbocycles. The van der Waals surface area contributed by atoms with Gasteiger partial charge in [-0.15, -0.1) is 0 Å². The second-order valence-electron chi connectivity index (χ2n) is 6.06. The van der Waals surface area contributed by atoms with Gasteiger partial charge in [-0.1, -0.05) is 0 Å². The van der Waals surface area contributed by atoms with Gasteiger partial charge in [0.1, 0.15) is 0 Å². The molecule has 1 aliphatic rings. The fraction of sp³-hybridized carbons (Fsp3) is 0.562. The van der Waals surface area contributed by atoms with Crippen LogP contribution < -0.4 is 9.47 Å². The minimum Gasteiger partial charge on any atom is -0.493 e. The van der Waals surface area contributed by atoms with E-state index in [0.717, 1.165) is 3.57 Å². The maximum absolute atomic E-state index is 12.9. The number of methoxy groups -OCH3 is 2. The first-order valence-electron chi connectivity index (χ1n) is 7.16. The predicted octanol–water partition coefficient (Wildman–Crippen LogP) is 2.95. The maximum Gasteiger partial charge on any atom is 0.255 e. The molecule has 6 heteroatoms. The topological polar surface area (TPSA) is 48.0 Å². The predicted molar refractivity (Wildman–Crippen MR) is 92.8 cm³/mol. The van der Waals surface area contributed by atoms with Crippen LogP contribution >= 0.6 is 22.6 Å². The van der Waals surface area contributed by atoms with E-state index >= 15 is 0 Å². The molecule has 1 aliphatic heterocycles. The normalized spacial score (nSPS) is 20.6. The monoisotopic (exact) mass is 419 g/mol. The number of benzene rings is 1. The first kappa shape index (κ1) is 17.3. The lowest BCUT2D eigenvalue weighted by Crippen LogP contribution is -2.53. The van der Waals surface area contributed by atoms with Crippen molar-refractivity contribution in [2.24, 2.45) is 0 Å². The van der Waals surface area contributed by atoms with Gasteiger partial charge in [-0.3, -0.25) is 4.79 Å². The van der Waals surface area contributed by atoms with Gasteiger partial charge in [-0.05, 0) is 55.5 Å². The first-order chi connectivity index (χ1) is 10.3. The molecule has 0 spiro atoms. The van der Waals surface area contributed by atoms with E-state index in [1.54, 1.807) is 20.3 Å². The smallest absolute Gasteiger partial charge is 0.255 e. The Kier molecular flexibility index (Phi) is 5.21. The van der Waals surface area contributed by atoms with Crippen molar-refractivity contribution in [3.63, 3.8) is 0 Å². The number of rotatable bonds is 3. The van der Waals surface area contributed by atoms with Gasteiger partial charge >= 0.3 is 0 Å². The molecule has 1 fully saturated rings. The standard InChI is InChI=1S/C16H22INO4/c1-10-8-18(9-16(2,3)22-10)15(19)11-6-13(20-4)14(21-5)7-12(11)17/h6-7,10H,8-9H2,1-5H3. The van der Waals surface area contributed by atoms with Gasteiger partial charge < -0.3 is 19.1 Å². The molecule has 1 aromatic rings. The third-order valence-electron chi connectivity index (χ3n) is 3.56. The number of hydrogen-bond acceptors (Lipinski definition) is 4. The van der Waals surface area contributed by atoms with Gasteiger partial charge in [0.15, 0.2) is 11.5 Å². The fourth-order valence-electron chi connectivity index (χ4n) is 2.80. The van der Waals surface area contributed by atoms with Crippen molar-refractivity contribution in [2.45, 2.75) is 32.5 Å². The summed E-state index contributed by atoms with van der Waals surface area (Å²) in [6.07, 6.45) is 0.0190. The van der Waals surface area contributed by atoms with Gasteiger partial charge in [0.2, 0.25) is 0 Å². The van der Waals surface area contributed by atoms with Gasteiger partial charge in [0.25, 0.3) is 5.91 Å². The van der Waals surface area contributed by atoms with E-state index in [9.17, 15) is 4.79 Å². The van der Waals surface area contributed by atoms with Crippen LogP contribution in [0.1, 0.15) is 31.1 Å². The Hall–Kier alpha value is -1.02. The van der Waals surface area contributed by atoms with Gasteiger partial charge in [0.05, 0.1) is 31.5 Å². The lowest BCUT2D eigenvalue weighted by molar-refractivity contribution is -0.118. The zero-order valence-electron chi connectivity index (χ0n) is 13.6. The molecule has 0 radical (unpaired) electrons. The van der Waals surface area contributed by atoms with Crippen molar-refractivity contribution >= 4 is 28.5 Å². The Morgan fingerprint density at radius 2 is 1.91 bits per heavy atom. The Balaban J connectivity index is 2.33. The molecule has 5 nitrogen and oxygen atoms in total. The lowest BCUT2D eigenvalue weighted by Gasteiger charge is -2.41. The Morgan fingerprint density at radius 3 is 2.45 bits per heavy atom. The molecule has 0 saturated carbocycles. The lowest BCUT2D eigenvalue weighted by atomic mass is 10.0. The Bertz CT molecular complexity index is 574. The number of nitrogens with zero attached hydrogens (tertiary/aromatic N) is 1. The van der Waals surface area contributed by atoms with Crippen molar-refractivity contribution in [2.75, 3.05) is 27.3 Å². The van der Waals surface area contributed by atoms with Crippen LogP contribution in [0.25, 0.3) is 0 Å². The van der Waals surface area contributed by atoms with E-state index in [-0.39, 0.29) is 17.6 Å². The highest BCUT2D eigenvalue weighted by Crippen LogP contribution is 2.32. The number of ether oxygens (including phenoxy) is 3. The summed E-state index contributed by atoms with van der Waals surface area (Å²) >= 11 is 2.15. The van der Waals surface area contributed by atoms with Crippen LogP contribution in [-0.4, -0.2) is 49.8 Å². The number of halogens is 1. The van der Waals surface area contributed by atoms with Crippen LogP contribution in [0.2, 0.25) is 0 Å². The molecule has 0 bridgehead atoms. The van der Waals surface area contributed by atoms with E-state index in [1.807, 2.05) is 31.7 Å². The van der Waals surface area contributed by atoms with Crippen LogP contribution in [-0.2, 0) is 4.74 Å². The fourth-order valence-corrected chi connectivity index (χ4v) is 3.47. The summed E-state index contributed by atoms with van der Waals surface area (Å²) in [5.74, 6) is 1.18. The Labute approximate surface area is 145 Å². The zero-order valence-corrected chi connectivity index (χ0v) is 15.8. The van der Waals surface area contributed by atoms with Crippen molar-refractivity contribution in [1.29, 1.82) is 0 Å². The molecule has 1 atom stereocenters. The van der Waals surface area contributed by atoms with Crippen LogP contribution in [0.5, 0.6) is 11.5 Å². The number of carbonyl (C=O) groups is 1. The van der Waals surface area contributed by atoms with E-state index in [4.69, 9.17) is 14.2 Å². The molecular weight excluding hydrogens is 397 g/mol. The highest BCUT2D eigenvalue weighted by molar-refractivity contribution is 14.1. The summed E-state index contributed by atoms with van der Waals surface area (Å²) in [5.41, 5.74) is 0.290. The molecular formula is C16H22INO4. The summed E-state index contributed by atoms with van der Waals surface area (Å²) in [6, 6.07) is 3.57. The van der Waals surface area contributed by atoms with E-state index in [1.165, 1.54) is 0 Å². The largest absolute Gasteiger partial charge is 0.493 e. The summed E-state index contributed by atoms with van der Waals surface area (Å²) in [4.78, 5) is 14.7. The van der Waals surface area contributed by atoms with Crippen molar-refractivity contribution in [3.8, 4) is 11.5 Å². The molecule has 1 unspecified atom stereocenters. The molecule has 22 heavy (non-hydrogen) atoms. The summed E-state index contributed by atoms with van der Waals surface area (Å²) < 4.78 is 17.3. The molecule has 0 aromatic heterocycles. The third-order valence-corrected chi connectivity index (χ3v) is 4.45. The molecule has 0 aliphatic carbocycles. The maximum atomic E-state index is 12.9. The molecule has 1 amide bonds. The molecule has 122 valence electrons. The van der Waals surface area contributed by atoms with Crippen molar-refractivity contribution < 1.29 is 19.0 Å². The average Bonchev–Trinajstić information content (AvgIpc) is 2.44. The number of amides is 1. The third kappa shape index (κ3) is 3.65. The highest BCUT2D eigenvalue weighted by atomic mass is 127. The molecule has 2 rings (SSSR count). The van der Waals surface area contributed by atoms with Gasteiger partial charge in [0, 0.05) is 16.7 Å². The summed E-state index contributed by atoms with van der Waals surface area (Å²) in [5, 5.41) is 0. The van der Waals surface area contributed by atoms with Gasteiger partial charge in [-0.2, -0.15) is 0 Å². The average molecular weight is 419 g/mol. The summed E-state index contributed by atoms with van der Waals surface area (Å²) in [7, 11) is 3.15.